The molecule has 0 aliphatic rings. The highest BCUT2D eigenvalue weighted by atomic mass is 16.5. The Morgan fingerprint density at radius 1 is 1.50 bits per heavy atom. The lowest BCUT2D eigenvalue weighted by molar-refractivity contribution is 0.0600. The number of methoxy groups -OCH3 is 1. The van der Waals surface area contributed by atoms with E-state index >= 15 is 0 Å². The standard InChI is InChI=1S/C9H10N2O3/c1-10-8(12)7-5-6(3-4-11-7)9(13)14-2/h3-5H,1-2H3,(H,10,12). The zero-order valence-corrected chi connectivity index (χ0v) is 7.90. The monoisotopic (exact) mass is 194 g/mol. The van der Waals surface area contributed by atoms with Crippen LogP contribution in [0.2, 0.25) is 0 Å². The molecule has 1 aromatic rings. The molecule has 1 rings (SSSR count). The predicted octanol–water partition coefficient (Wildman–Crippen LogP) is 0.228. The average Bonchev–Trinajstić information content (AvgIpc) is 2.27. The third-order valence-corrected chi connectivity index (χ3v) is 1.64. The minimum absolute atomic E-state index is 0.190. The molecule has 1 aromatic heterocycles. The van der Waals surface area contributed by atoms with Crippen LogP contribution in [0, 0.1) is 0 Å². The van der Waals surface area contributed by atoms with Crippen LogP contribution < -0.4 is 5.32 Å². The third-order valence-electron chi connectivity index (χ3n) is 1.64. The molecule has 0 bridgehead atoms. The van der Waals surface area contributed by atoms with E-state index in [9.17, 15) is 9.59 Å². The molecule has 0 atom stereocenters. The number of nitrogens with zero attached hydrogens (tertiary/aromatic N) is 1. The molecule has 0 aliphatic heterocycles. The van der Waals surface area contributed by atoms with Crippen LogP contribution in [0.4, 0.5) is 0 Å². The third kappa shape index (κ3) is 2.07. The van der Waals surface area contributed by atoms with E-state index in [1.165, 1.54) is 32.5 Å². The number of nitrogens with one attached hydrogen (secondary N) is 1. The summed E-state index contributed by atoms with van der Waals surface area (Å²) in [5, 5.41) is 2.41. The van der Waals surface area contributed by atoms with E-state index in [1.807, 2.05) is 0 Å². The van der Waals surface area contributed by atoms with E-state index < -0.39 is 5.97 Å². The minimum atomic E-state index is -0.488. The van der Waals surface area contributed by atoms with Crippen molar-refractivity contribution in [2.24, 2.45) is 0 Å². The average molecular weight is 194 g/mol. The molecule has 0 saturated carbocycles. The number of rotatable bonds is 2. The Kier molecular flexibility index (Phi) is 3.17. The van der Waals surface area contributed by atoms with Crippen LogP contribution in [-0.4, -0.2) is 31.0 Å². The van der Waals surface area contributed by atoms with Crippen LogP contribution in [0.3, 0.4) is 0 Å². The summed E-state index contributed by atoms with van der Waals surface area (Å²) in [6.07, 6.45) is 1.39. The Labute approximate surface area is 81.1 Å². The predicted molar refractivity (Wildman–Crippen MR) is 49.0 cm³/mol. The number of carbonyl (C=O) groups is 2. The van der Waals surface area contributed by atoms with Crippen molar-refractivity contribution in [3.05, 3.63) is 29.6 Å². The van der Waals surface area contributed by atoms with Gasteiger partial charge < -0.3 is 10.1 Å². The molecule has 0 spiro atoms. The van der Waals surface area contributed by atoms with E-state index in [2.05, 4.69) is 15.0 Å². The van der Waals surface area contributed by atoms with Crippen LogP contribution >= 0.6 is 0 Å². The summed E-state index contributed by atoms with van der Waals surface area (Å²) in [6.45, 7) is 0. The van der Waals surface area contributed by atoms with Crippen molar-refractivity contribution in [3.63, 3.8) is 0 Å². The lowest BCUT2D eigenvalue weighted by Gasteiger charge is -2.01. The quantitative estimate of drug-likeness (QED) is 0.684. The number of amides is 1. The first-order valence-corrected chi connectivity index (χ1v) is 3.95. The van der Waals surface area contributed by atoms with Crippen molar-refractivity contribution in [2.45, 2.75) is 0 Å². The molecule has 1 N–H and O–H groups in total. The summed E-state index contributed by atoms with van der Waals surface area (Å²) in [7, 11) is 2.77. The Hall–Kier alpha value is -1.91. The van der Waals surface area contributed by atoms with Crippen LogP contribution in [0.15, 0.2) is 18.3 Å². The van der Waals surface area contributed by atoms with Gasteiger partial charge in [0.05, 0.1) is 12.7 Å². The van der Waals surface area contributed by atoms with Crippen LogP contribution in [-0.2, 0) is 4.74 Å². The van der Waals surface area contributed by atoms with Gasteiger partial charge in [0.2, 0.25) is 0 Å². The van der Waals surface area contributed by atoms with Gasteiger partial charge in [0.1, 0.15) is 5.69 Å². The van der Waals surface area contributed by atoms with E-state index in [0.29, 0.717) is 5.56 Å². The lowest BCUT2D eigenvalue weighted by Crippen LogP contribution is -2.19. The van der Waals surface area contributed by atoms with Gasteiger partial charge in [-0.1, -0.05) is 0 Å². The van der Waals surface area contributed by atoms with Gasteiger partial charge in [-0.25, -0.2) is 4.79 Å². The first kappa shape index (κ1) is 10.2. The maximum atomic E-state index is 11.2. The number of hydrogen-bond acceptors (Lipinski definition) is 4. The van der Waals surface area contributed by atoms with Crippen LogP contribution in [0.25, 0.3) is 0 Å². The summed E-state index contributed by atoms with van der Waals surface area (Å²) in [5.41, 5.74) is 0.497. The second-order valence-electron chi connectivity index (χ2n) is 2.50. The smallest absolute Gasteiger partial charge is 0.337 e. The normalized spacial score (nSPS) is 9.29. The van der Waals surface area contributed by atoms with Crippen molar-refractivity contribution < 1.29 is 14.3 Å². The van der Waals surface area contributed by atoms with Gasteiger partial charge in [-0.2, -0.15) is 0 Å². The number of pyridine rings is 1. The Bertz CT molecular complexity index is 332. The summed E-state index contributed by atoms with van der Waals surface area (Å²) >= 11 is 0. The Balaban J connectivity index is 3.01. The van der Waals surface area contributed by atoms with Crippen molar-refractivity contribution >= 4 is 11.9 Å². The molecule has 14 heavy (non-hydrogen) atoms. The minimum Gasteiger partial charge on any atom is -0.465 e. The van der Waals surface area contributed by atoms with Crippen molar-refractivity contribution in [2.75, 3.05) is 14.2 Å². The van der Waals surface area contributed by atoms with Gasteiger partial charge in [-0.3, -0.25) is 9.78 Å². The van der Waals surface area contributed by atoms with E-state index in [-0.39, 0.29) is 11.6 Å². The van der Waals surface area contributed by atoms with E-state index in [1.54, 1.807) is 0 Å². The summed E-state index contributed by atoms with van der Waals surface area (Å²) in [6, 6.07) is 2.86. The van der Waals surface area contributed by atoms with Crippen molar-refractivity contribution in [3.8, 4) is 0 Å². The fourth-order valence-corrected chi connectivity index (χ4v) is 0.928. The van der Waals surface area contributed by atoms with Crippen LogP contribution in [0.5, 0.6) is 0 Å². The number of hydrogen-bond donors (Lipinski definition) is 1. The molecule has 5 nitrogen and oxygen atoms in total. The molecule has 1 amide bonds. The number of aromatic nitrogens is 1. The zero-order valence-electron chi connectivity index (χ0n) is 7.90. The van der Waals surface area contributed by atoms with Crippen LogP contribution in [0.1, 0.15) is 20.8 Å². The van der Waals surface area contributed by atoms with E-state index in [0.717, 1.165) is 0 Å². The SMILES string of the molecule is CNC(=O)c1cc(C(=O)OC)ccn1. The van der Waals surface area contributed by atoms with Gasteiger partial charge in [-0.05, 0) is 12.1 Å². The lowest BCUT2D eigenvalue weighted by atomic mass is 10.2. The molecule has 0 fully saturated rings. The highest BCUT2D eigenvalue weighted by molar-refractivity contribution is 5.96. The first-order chi connectivity index (χ1) is 6.69. The second kappa shape index (κ2) is 4.36. The first-order valence-electron chi connectivity index (χ1n) is 3.95. The highest BCUT2D eigenvalue weighted by Gasteiger charge is 2.10. The van der Waals surface area contributed by atoms with Gasteiger partial charge in [0.25, 0.3) is 5.91 Å². The van der Waals surface area contributed by atoms with Crippen molar-refractivity contribution in [1.82, 2.24) is 10.3 Å². The molecule has 1 heterocycles. The highest BCUT2D eigenvalue weighted by Crippen LogP contribution is 2.03. The maximum absolute atomic E-state index is 11.2. The van der Waals surface area contributed by atoms with E-state index in [4.69, 9.17) is 0 Å². The van der Waals surface area contributed by atoms with Gasteiger partial charge in [-0.15, -0.1) is 0 Å². The number of ether oxygens (including phenoxy) is 1. The molecule has 0 unspecified atom stereocenters. The van der Waals surface area contributed by atoms with Gasteiger partial charge in [0.15, 0.2) is 0 Å². The molecular weight excluding hydrogens is 184 g/mol. The molecule has 0 aromatic carbocycles. The number of carbonyl (C=O) groups excluding carboxylic acids is 2. The molecule has 5 heteroatoms. The molecule has 0 saturated heterocycles. The maximum Gasteiger partial charge on any atom is 0.337 e. The zero-order chi connectivity index (χ0) is 10.6. The molecule has 74 valence electrons. The topological polar surface area (TPSA) is 68.3 Å². The fourth-order valence-electron chi connectivity index (χ4n) is 0.928. The number of esters is 1. The second-order valence-corrected chi connectivity index (χ2v) is 2.50. The summed E-state index contributed by atoms with van der Waals surface area (Å²) in [5.74, 6) is -0.826. The summed E-state index contributed by atoms with van der Waals surface area (Å²) < 4.78 is 4.51. The Morgan fingerprint density at radius 3 is 2.79 bits per heavy atom. The Morgan fingerprint density at radius 2 is 2.21 bits per heavy atom. The molecular formula is C9H10N2O3. The fraction of sp³-hybridized carbons (Fsp3) is 0.222. The van der Waals surface area contributed by atoms with Gasteiger partial charge >= 0.3 is 5.97 Å². The van der Waals surface area contributed by atoms with Crippen molar-refractivity contribution in [1.29, 1.82) is 0 Å². The largest absolute Gasteiger partial charge is 0.465 e. The molecule has 0 radical (unpaired) electrons. The summed E-state index contributed by atoms with van der Waals surface area (Å²) in [4.78, 5) is 26.1. The van der Waals surface area contributed by atoms with Gasteiger partial charge in [0, 0.05) is 13.2 Å². The molecule has 0 aliphatic carbocycles.